The molecule has 25 heavy (non-hydrogen) atoms. The van der Waals surface area contributed by atoms with Crippen molar-refractivity contribution < 1.29 is 9.47 Å². The fourth-order valence-electron chi connectivity index (χ4n) is 2.46. The van der Waals surface area contributed by atoms with Gasteiger partial charge in [0, 0.05) is 23.1 Å². The highest BCUT2D eigenvalue weighted by Crippen LogP contribution is 2.40. The second-order valence-corrected chi connectivity index (χ2v) is 12.2. The second kappa shape index (κ2) is 9.17. The summed E-state index contributed by atoms with van der Waals surface area (Å²) in [7, 11) is 1.87. The quantitative estimate of drug-likeness (QED) is 0.250. The largest absolute Gasteiger partial charge is 0.500 e. The van der Waals surface area contributed by atoms with E-state index in [-0.39, 0.29) is 0 Å². The van der Waals surface area contributed by atoms with E-state index in [1.807, 2.05) is 19.1 Å². The Kier molecular flexibility index (Phi) is 7.85. The molecule has 0 unspecified atom stereocenters. The van der Waals surface area contributed by atoms with Crippen LogP contribution in [0.15, 0.2) is 30.0 Å². The lowest BCUT2D eigenvalue weighted by Gasteiger charge is -2.19. The standard InChI is InChI=1S/C21H29ClO2Si/c1-9-10-18(23-4)20(15(2)3)21-17(22)13-16(14-19(21)24-5)11-12-25(6,7)8/h13-14H,2,9-10H2,1,3-8H3/b20-18-. The molecule has 0 heterocycles. The second-order valence-electron chi connectivity index (χ2n) is 7.07. The Morgan fingerprint density at radius 1 is 1.24 bits per heavy atom. The highest BCUT2D eigenvalue weighted by Gasteiger charge is 2.20. The van der Waals surface area contributed by atoms with Crippen LogP contribution in [0.5, 0.6) is 5.75 Å². The first-order valence-corrected chi connectivity index (χ1v) is 12.4. The number of benzene rings is 1. The Bertz CT molecular complexity index is 731. The van der Waals surface area contributed by atoms with E-state index in [0.29, 0.717) is 10.8 Å². The summed E-state index contributed by atoms with van der Waals surface area (Å²) in [6.45, 7) is 14.8. The van der Waals surface area contributed by atoms with Gasteiger partial charge in [-0.3, -0.25) is 0 Å². The first-order chi connectivity index (χ1) is 11.6. The minimum Gasteiger partial charge on any atom is -0.500 e. The van der Waals surface area contributed by atoms with Gasteiger partial charge in [0.05, 0.1) is 19.2 Å². The topological polar surface area (TPSA) is 18.5 Å². The van der Waals surface area contributed by atoms with Crippen LogP contribution >= 0.6 is 11.6 Å². The van der Waals surface area contributed by atoms with E-state index in [4.69, 9.17) is 21.1 Å². The van der Waals surface area contributed by atoms with Crippen LogP contribution in [0, 0.1) is 11.5 Å². The Morgan fingerprint density at radius 3 is 2.32 bits per heavy atom. The van der Waals surface area contributed by atoms with Crippen molar-refractivity contribution in [2.45, 2.75) is 46.3 Å². The zero-order valence-electron chi connectivity index (χ0n) is 16.5. The van der Waals surface area contributed by atoms with Crippen molar-refractivity contribution in [1.82, 2.24) is 0 Å². The molecule has 4 heteroatoms. The molecule has 0 aliphatic heterocycles. The highest BCUT2D eigenvalue weighted by atomic mass is 35.5. The summed E-state index contributed by atoms with van der Waals surface area (Å²) >= 11 is 6.64. The van der Waals surface area contributed by atoms with Gasteiger partial charge in [-0.2, -0.15) is 0 Å². The Balaban J connectivity index is 3.63. The smallest absolute Gasteiger partial charge is 0.129 e. The van der Waals surface area contributed by atoms with E-state index in [2.05, 4.69) is 44.6 Å². The number of methoxy groups -OCH3 is 2. The summed E-state index contributed by atoms with van der Waals surface area (Å²) in [5.74, 6) is 4.80. The van der Waals surface area contributed by atoms with Crippen LogP contribution in [0.3, 0.4) is 0 Å². The maximum Gasteiger partial charge on any atom is 0.129 e. The molecule has 136 valence electrons. The molecule has 0 aliphatic carbocycles. The van der Waals surface area contributed by atoms with Crippen LogP contribution in [-0.4, -0.2) is 22.3 Å². The summed E-state index contributed by atoms with van der Waals surface area (Å²) < 4.78 is 11.3. The molecular weight excluding hydrogens is 348 g/mol. The van der Waals surface area contributed by atoms with Crippen LogP contribution in [0.1, 0.15) is 37.8 Å². The van der Waals surface area contributed by atoms with Crippen LogP contribution in [0.4, 0.5) is 0 Å². The van der Waals surface area contributed by atoms with E-state index in [9.17, 15) is 0 Å². The molecule has 0 aliphatic rings. The first-order valence-electron chi connectivity index (χ1n) is 8.48. The number of ether oxygens (including phenoxy) is 2. The Hall–Kier alpha value is -1.63. The fraction of sp³-hybridized carbons (Fsp3) is 0.429. The van der Waals surface area contributed by atoms with Crippen LogP contribution < -0.4 is 4.74 Å². The maximum atomic E-state index is 6.64. The van der Waals surface area contributed by atoms with Gasteiger partial charge in [0.25, 0.3) is 0 Å². The van der Waals surface area contributed by atoms with Gasteiger partial charge < -0.3 is 9.47 Å². The lowest BCUT2D eigenvalue weighted by molar-refractivity contribution is 0.278. The zero-order chi connectivity index (χ0) is 19.2. The van der Waals surface area contributed by atoms with Gasteiger partial charge in [-0.05, 0) is 31.1 Å². The molecule has 0 saturated carbocycles. The van der Waals surface area contributed by atoms with E-state index in [1.165, 1.54) is 0 Å². The van der Waals surface area contributed by atoms with Gasteiger partial charge >= 0.3 is 0 Å². The summed E-state index contributed by atoms with van der Waals surface area (Å²) in [6.07, 6.45) is 1.79. The lowest BCUT2D eigenvalue weighted by atomic mass is 9.95. The zero-order valence-corrected chi connectivity index (χ0v) is 18.2. The molecule has 0 saturated heterocycles. The van der Waals surface area contributed by atoms with Gasteiger partial charge in [0.2, 0.25) is 0 Å². The van der Waals surface area contributed by atoms with Crippen molar-refractivity contribution in [3.63, 3.8) is 0 Å². The molecule has 0 spiro atoms. The van der Waals surface area contributed by atoms with Crippen LogP contribution in [-0.2, 0) is 4.74 Å². The normalized spacial score (nSPS) is 12.0. The summed E-state index contributed by atoms with van der Waals surface area (Å²) in [6, 6.07) is 3.84. The minimum atomic E-state index is -1.46. The van der Waals surface area contributed by atoms with Crippen molar-refractivity contribution in [2.75, 3.05) is 14.2 Å². The summed E-state index contributed by atoms with van der Waals surface area (Å²) in [5.41, 5.74) is 6.85. The molecular formula is C21H29ClO2Si. The van der Waals surface area contributed by atoms with E-state index in [0.717, 1.165) is 40.9 Å². The lowest BCUT2D eigenvalue weighted by Crippen LogP contribution is -2.16. The van der Waals surface area contributed by atoms with Crippen LogP contribution in [0.2, 0.25) is 24.7 Å². The molecule has 1 aromatic carbocycles. The SMILES string of the molecule is C=C(C)/C(=C(\CCC)OC)c1c(Cl)cc(C#C[Si](C)(C)C)cc1OC. The monoisotopic (exact) mass is 376 g/mol. The molecule has 0 radical (unpaired) electrons. The fourth-order valence-corrected chi connectivity index (χ4v) is 3.29. The minimum absolute atomic E-state index is 0.600. The van der Waals surface area contributed by atoms with E-state index < -0.39 is 8.07 Å². The number of allylic oxidation sites excluding steroid dienone is 3. The van der Waals surface area contributed by atoms with E-state index in [1.54, 1.807) is 14.2 Å². The molecule has 0 fully saturated rings. The molecule has 0 amide bonds. The highest BCUT2D eigenvalue weighted by molar-refractivity contribution is 6.83. The molecule has 0 bridgehead atoms. The average molecular weight is 377 g/mol. The molecule has 1 aromatic rings. The number of hydrogen-bond donors (Lipinski definition) is 0. The predicted octanol–water partition coefficient (Wildman–Crippen LogP) is 6.31. The van der Waals surface area contributed by atoms with Crippen molar-refractivity contribution >= 4 is 25.2 Å². The third-order valence-corrected chi connectivity index (χ3v) is 4.71. The van der Waals surface area contributed by atoms with Crippen molar-refractivity contribution in [3.8, 4) is 17.2 Å². The van der Waals surface area contributed by atoms with Crippen molar-refractivity contribution in [2.24, 2.45) is 0 Å². The predicted molar refractivity (Wildman–Crippen MR) is 112 cm³/mol. The van der Waals surface area contributed by atoms with Gasteiger partial charge in [-0.15, -0.1) is 5.54 Å². The molecule has 2 nitrogen and oxygen atoms in total. The van der Waals surface area contributed by atoms with Gasteiger partial charge in [-0.25, -0.2) is 0 Å². The van der Waals surface area contributed by atoms with Crippen molar-refractivity contribution in [1.29, 1.82) is 0 Å². The van der Waals surface area contributed by atoms with Gasteiger partial charge in [-0.1, -0.05) is 50.7 Å². The third-order valence-electron chi connectivity index (χ3n) is 3.53. The maximum absolute atomic E-state index is 6.64. The first kappa shape index (κ1) is 21.4. The number of rotatable bonds is 6. The Labute approximate surface area is 158 Å². The Morgan fingerprint density at radius 2 is 1.88 bits per heavy atom. The summed E-state index contributed by atoms with van der Waals surface area (Å²) in [5, 5.41) is 0.600. The third kappa shape index (κ3) is 5.99. The summed E-state index contributed by atoms with van der Waals surface area (Å²) in [4.78, 5) is 0. The molecule has 0 aromatic heterocycles. The van der Waals surface area contributed by atoms with Gasteiger partial charge in [0.1, 0.15) is 19.6 Å². The van der Waals surface area contributed by atoms with Gasteiger partial charge in [0.15, 0.2) is 0 Å². The average Bonchev–Trinajstić information content (AvgIpc) is 2.52. The molecule has 0 N–H and O–H groups in total. The van der Waals surface area contributed by atoms with Crippen LogP contribution in [0.25, 0.3) is 5.57 Å². The van der Waals surface area contributed by atoms with E-state index >= 15 is 0 Å². The number of halogens is 1. The molecule has 0 atom stereocenters. The van der Waals surface area contributed by atoms with Crippen molar-refractivity contribution in [3.05, 3.63) is 46.2 Å². The molecule has 1 rings (SSSR count). The number of hydrogen-bond acceptors (Lipinski definition) is 2.